The van der Waals surface area contributed by atoms with Crippen molar-refractivity contribution >= 4 is 0 Å². The van der Waals surface area contributed by atoms with Crippen molar-refractivity contribution in [3.05, 3.63) is 23.9 Å². The second-order valence-corrected chi connectivity index (χ2v) is 1.61. The molecule has 12 heavy (non-hydrogen) atoms. The minimum atomic E-state index is 0.856. The number of terminal acetylenes is 1. The maximum atomic E-state index is 5.47. The van der Waals surface area contributed by atoms with Crippen LogP contribution in [0.1, 0.15) is 34.1 Å². The van der Waals surface area contributed by atoms with Gasteiger partial charge in [-0.05, 0) is 19.4 Å². The molecule has 0 aliphatic heterocycles. The topological polar surface area (TPSA) is 26.0 Å². The smallest absolute Gasteiger partial charge is 0.0270 e. The minimum Gasteiger partial charge on any atom is -0.399 e. The van der Waals surface area contributed by atoms with E-state index in [1.807, 2.05) is 39.0 Å². The zero-order valence-electron chi connectivity index (χ0n) is 8.67. The molecule has 1 heteroatoms. The molecule has 0 atom stereocenters. The molecule has 0 aromatic heterocycles. The summed E-state index contributed by atoms with van der Waals surface area (Å²) < 4.78 is 0. The van der Waals surface area contributed by atoms with Gasteiger partial charge in [0.15, 0.2) is 0 Å². The zero-order valence-corrected chi connectivity index (χ0v) is 8.67. The van der Waals surface area contributed by atoms with Crippen LogP contribution >= 0.6 is 0 Å². The largest absolute Gasteiger partial charge is 0.399 e. The van der Waals surface area contributed by atoms with Crippen LogP contribution in [0.4, 0.5) is 0 Å². The molecule has 0 amide bonds. The van der Waals surface area contributed by atoms with E-state index in [4.69, 9.17) is 5.73 Å². The van der Waals surface area contributed by atoms with Gasteiger partial charge >= 0.3 is 0 Å². The Morgan fingerprint density at radius 2 is 1.75 bits per heavy atom. The number of allylic oxidation sites excluding steroid dienone is 3. The van der Waals surface area contributed by atoms with E-state index in [9.17, 15) is 0 Å². The fourth-order valence-electron chi connectivity index (χ4n) is 0.496. The third-order valence-electron chi connectivity index (χ3n) is 0.799. The molecule has 0 fully saturated rings. The van der Waals surface area contributed by atoms with Crippen LogP contribution in [0.5, 0.6) is 0 Å². The quantitative estimate of drug-likeness (QED) is 0.496. The Kier molecular flexibility index (Phi) is 32.1. The Morgan fingerprint density at radius 3 is 2.00 bits per heavy atom. The molecule has 0 spiro atoms. The highest BCUT2D eigenvalue weighted by atomic mass is 14.5. The lowest BCUT2D eigenvalue weighted by atomic mass is 10.3. The van der Waals surface area contributed by atoms with E-state index in [1.165, 1.54) is 0 Å². The van der Waals surface area contributed by atoms with E-state index in [1.54, 1.807) is 0 Å². The predicted octanol–water partition coefficient (Wildman–Crippen LogP) is 3.09. The maximum absolute atomic E-state index is 5.47. The number of rotatable bonds is 2. The SMILES string of the molecule is C#C.C/C=C\C(N)=CCC.CC. The summed E-state index contributed by atoms with van der Waals surface area (Å²) in [6.07, 6.45) is 14.8. The van der Waals surface area contributed by atoms with Gasteiger partial charge in [-0.1, -0.05) is 32.9 Å². The number of hydrogen-bond acceptors (Lipinski definition) is 1. The number of hydrogen-bond donors (Lipinski definition) is 1. The molecule has 0 aliphatic rings. The molecule has 0 aromatic carbocycles. The number of nitrogens with two attached hydrogens (primary N) is 1. The summed E-state index contributed by atoms with van der Waals surface area (Å²) in [4.78, 5) is 0. The third kappa shape index (κ3) is 23.2. The minimum absolute atomic E-state index is 0.856. The van der Waals surface area contributed by atoms with E-state index in [0.29, 0.717) is 0 Å². The Labute approximate surface area is 77.4 Å². The monoisotopic (exact) mass is 167 g/mol. The first-order valence-electron chi connectivity index (χ1n) is 4.23. The first-order valence-corrected chi connectivity index (χ1v) is 4.23. The van der Waals surface area contributed by atoms with Gasteiger partial charge in [-0.2, -0.15) is 0 Å². The van der Waals surface area contributed by atoms with Crippen LogP contribution in [-0.2, 0) is 0 Å². The molecular weight excluding hydrogens is 146 g/mol. The van der Waals surface area contributed by atoms with E-state index in [-0.39, 0.29) is 0 Å². The highest BCUT2D eigenvalue weighted by Gasteiger charge is 1.74. The van der Waals surface area contributed by atoms with Gasteiger partial charge in [-0.25, -0.2) is 0 Å². The van der Waals surface area contributed by atoms with E-state index < -0.39 is 0 Å². The van der Waals surface area contributed by atoms with Gasteiger partial charge in [0.2, 0.25) is 0 Å². The Morgan fingerprint density at radius 1 is 1.33 bits per heavy atom. The van der Waals surface area contributed by atoms with Crippen LogP contribution in [0.25, 0.3) is 0 Å². The van der Waals surface area contributed by atoms with Crippen LogP contribution < -0.4 is 5.73 Å². The van der Waals surface area contributed by atoms with Crippen molar-refractivity contribution in [3.63, 3.8) is 0 Å². The van der Waals surface area contributed by atoms with Gasteiger partial charge in [0.1, 0.15) is 0 Å². The molecule has 0 aliphatic carbocycles. The summed E-state index contributed by atoms with van der Waals surface area (Å²) in [5.41, 5.74) is 6.33. The zero-order chi connectivity index (χ0) is 10.4. The second kappa shape index (κ2) is 22.5. The summed E-state index contributed by atoms with van der Waals surface area (Å²) >= 11 is 0. The molecule has 0 bridgehead atoms. The van der Waals surface area contributed by atoms with Gasteiger partial charge in [-0.3, -0.25) is 0 Å². The highest BCUT2D eigenvalue weighted by Crippen LogP contribution is 1.88. The summed E-state index contributed by atoms with van der Waals surface area (Å²) in [6, 6.07) is 0. The van der Waals surface area contributed by atoms with Crippen molar-refractivity contribution < 1.29 is 0 Å². The lowest BCUT2D eigenvalue weighted by molar-refractivity contribution is 1.18. The Balaban J connectivity index is -0.000000175. The molecule has 0 saturated carbocycles. The molecule has 2 N–H and O–H groups in total. The van der Waals surface area contributed by atoms with Crippen LogP contribution in [0.2, 0.25) is 0 Å². The molecular formula is C11H21N. The van der Waals surface area contributed by atoms with Crippen molar-refractivity contribution in [3.8, 4) is 12.8 Å². The lowest BCUT2D eigenvalue weighted by Gasteiger charge is -1.86. The lowest BCUT2D eigenvalue weighted by Crippen LogP contribution is -1.90. The summed E-state index contributed by atoms with van der Waals surface area (Å²) in [6.45, 7) is 8.02. The average Bonchev–Trinajstić information content (AvgIpc) is 2.12. The van der Waals surface area contributed by atoms with Crippen molar-refractivity contribution in [2.24, 2.45) is 5.73 Å². The van der Waals surface area contributed by atoms with Gasteiger partial charge in [0.05, 0.1) is 0 Å². The first kappa shape index (κ1) is 17.1. The van der Waals surface area contributed by atoms with Gasteiger partial charge in [-0.15, -0.1) is 12.8 Å². The van der Waals surface area contributed by atoms with Crippen LogP contribution in [0.15, 0.2) is 23.9 Å². The molecule has 0 aromatic rings. The summed E-state index contributed by atoms with van der Waals surface area (Å²) in [5, 5.41) is 0. The van der Waals surface area contributed by atoms with Crippen molar-refractivity contribution in [2.45, 2.75) is 34.1 Å². The van der Waals surface area contributed by atoms with Crippen molar-refractivity contribution in [1.82, 2.24) is 0 Å². The molecule has 1 nitrogen and oxygen atoms in total. The molecule has 0 radical (unpaired) electrons. The first-order chi connectivity index (χ1) is 5.81. The maximum Gasteiger partial charge on any atom is 0.0270 e. The van der Waals surface area contributed by atoms with E-state index >= 15 is 0 Å². The van der Waals surface area contributed by atoms with Crippen LogP contribution in [0, 0.1) is 12.8 Å². The van der Waals surface area contributed by atoms with E-state index in [2.05, 4.69) is 19.8 Å². The van der Waals surface area contributed by atoms with Gasteiger partial charge < -0.3 is 5.73 Å². The average molecular weight is 167 g/mol. The Bertz CT molecular complexity index is 129. The van der Waals surface area contributed by atoms with Gasteiger partial charge in [0.25, 0.3) is 0 Å². The molecule has 0 rings (SSSR count). The normalized spacial score (nSPS) is 9.33. The molecule has 0 unspecified atom stereocenters. The fraction of sp³-hybridized carbons (Fsp3) is 0.455. The summed E-state index contributed by atoms with van der Waals surface area (Å²) in [7, 11) is 0. The molecule has 70 valence electrons. The standard InChI is InChI=1S/C7H13N.C2H6.C2H2/c1-3-5-7(8)6-4-2;2*1-2/h3,5-6H,4,8H2,1-2H3;1-2H3;1-2H/b5-3-,7-6?;;. The molecule has 0 saturated heterocycles. The fourth-order valence-corrected chi connectivity index (χ4v) is 0.496. The second-order valence-electron chi connectivity index (χ2n) is 1.61. The highest BCUT2D eigenvalue weighted by molar-refractivity contribution is 5.13. The Hall–Kier alpha value is -1.16. The van der Waals surface area contributed by atoms with Gasteiger partial charge in [0, 0.05) is 5.70 Å². The summed E-state index contributed by atoms with van der Waals surface area (Å²) in [5.74, 6) is 0. The van der Waals surface area contributed by atoms with Crippen LogP contribution in [0.3, 0.4) is 0 Å². The third-order valence-corrected chi connectivity index (χ3v) is 0.799. The predicted molar refractivity (Wildman–Crippen MR) is 58.6 cm³/mol. The van der Waals surface area contributed by atoms with Crippen LogP contribution in [-0.4, -0.2) is 0 Å². The van der Waals surface area contributed by atoms with Crippen molar-refractivity contribution in [2.75, 3.05) is 0 Å². The van der Waals surface area contributed by atoms with E-state index in [0.717, 1.165) is 12.1 Å². The van der Waals surface area contributed by atoms with Crippen molar-refractivity contribution in [1.29, 1.82) is 0 Å². The molecule has 0 heterocycles.